The number of hydrogen-bond acceptors (Lipinski definition) is 5. The van der Waals surface area contributed by atoms with E-state index in [4.69, 9.17) is 16.0 Å². The Kier molecular flexibility index (Phi) is 5.03. The topological polar surface area (TPSA) is 98.3 Å². The number of nitro benzene ring substituents is 1. The number of halogens is 1. The third kappa shape index (κ3) is 3.79. The number of oxazole rings is 1. The van der Waals surface area contributed by atoms with Gasteiger partial charge in [0.15, 0.2) is 5.58 Å². The molecule has 0 radical (unpaired) electrons. The first-order chi connectivity index (χ1) is 15.9. The van der Waals surface area contributed by atoms with Crippen LogP contribution in [0.2, 0.25) is 5.02 Å². The lowest BCUT2D eigenvalue weighted by atomic mass is 10.0. The van der Waals surface area contributed by atoms with Gasteiger partial charge in [0.05, 0.1) is 4.92 Å². The van der Waals surface area contributed by atoms with E-state index < -0.39 is 4.92 Å². The van der Waals surface area contributed by atoms with Gasteiger partial charge in [-0.1, -0.05) is 35.9 Å². The molecule has 8 heteroatoms. The van der Waals surface area contributed by atoms with Gasteiger partial charge < -0.3 is 9.73 Å². The number of aryl methyl sites for hydroxylation is 1. The molecule has 0 aliphatic rings. The molecule has 0 fully saturated rings. The van der Waals surface area contributed by atoms with Gasteiger partial charge in [-0.2, -0.15) is 0 Å². The zero-order chi connectivity index (χ0) is 23.1. The van der Waals surface area contributed by atoms with Gasteiger partial charge in [-0.05, 0) is 54.8 Å². The van der Waals surface area contributed by atoms with E-state index in [9.17, 15) is 14.9 Å². The Labute approximate surface area is 192 Å². The van der Waals surface area contributed by atoms with Gasteiger partial charge >= 0.3 is 0 Å². The summed E-state index contributed by atoms with van der Waals surface area (Å²) in [6.45, 7) is 1.60. The quantitative estimate of drug-likeness (QED) is 0.237. The van der Waals surface area contributed by atoms with Crippen molar-refractivity contribution < 1.29 is 14.1 Å². The van der Waals surface area contributed by atoms with Crippen molar-refractivity contribution in [2.75, 3.05) is 5.32 Å². The monoisotopic (exact) mass is 457 g/mol. The highest BCUT2D eigenvalue weighted by atomic mass is 35.5. The third-order valence-corrected chi connectivity index (χ3v) is 5.73. The van der Waals surface area contributed by atoms with E-state index in [-0.39, 0.29) is 11.6 Å². The first-order valence-corrected chi connectivity index (χ1v) is 10.4. The van der Waals surface area contributed by atoms with Crippen LogP contribution in [0.3, 0.4) is 0 Å². The lowest BCUT2D eigenvalue weighted by Crippen LogP contribution is -2.12. The third-order valence-electron chi connectivity index (χ3n) is 5.40. The second-order valence-electron chi connectivity index (χ2n) is 7.55. The van der Waals surface area contributed by atoms with Crippen LogP contribution in [0.15, 0.2) is 77.2 Å². The van der Waals surface area contributed by atoms with Crippen LogP contribution < -0.4 is 5.32 Å². The van der Waals surface area contributed by atoms with Gasteiger partial charge in [0.2, 0.25) is 5.89 Å². The summed E-state index contributed by atoms with van der Waals surface area (Å²) in [6.07, 6.45) is 0. The Hall–Kier alpha value is -4.23. The lowest BCUT2D eigenvalue weighted by molar-refractivity contribution is -0.385. The minimum absolute atomic E-state index is 0.0298. The fourth-order valence-corrected chi connectivity index (χ4v) is 4.02. The van der Waals surface area contributed by atoms with Crippen molar-refractivity contribution in [2.45, 2.75) is 6.92 Å². The van der Waals surface area contributed by atoms with Gasteiger partial charge in [-0.25, -0.2) is 4.98 Å². The van der Waals surface area contributed by atoms with Gasteiger partial charge in [0, 0.05) is 38.9 Å². The van der Waals surface area contributed by atoms with Crippen molar-refractivity contribution in [1.82, 2.24) is 4.98 Å². The molecule has 1 N–H and O–H groups in total. The predicted octanol–water partition coefficient (Wildman–Crippen LogP) is 6.77. The summed E-state index contributed by atoms with van der Waals surface area (Å²) in [5, 5.41) is 16.3. The lowest BCUT2D eigenvalue weighted by Gasteiger charge is -2.06. The average Bonchev–Trinajstić information content (AvgIpc) is 3.22. The molecule has 4 aromatic carbocycles. The summed E-state index contributed by atoms with van der Waals surface area (Å²) in [6, 6.07) is 20.9. The Balaban J connectivity index is 1.46. The fourth-order valence-electron chi connectivity index (χ4n) is 3.78. The number of nitrogens with zero attached hydrogens (tertiary/aromatic N) is 2. The number of benzene rings is 4. The maximum atomic E-state index is 12.7. The van der Waals surface area contributed by atoms with Gasteiger partial charge in [0.1, 0.15) is 5.52 Å². The minimum atomic E-state index is -0.475. The molecular weight excluding hydrogens is 442 g/mol. The maximum Gasteiger partial charge on any atom is 0.272 e. The Morgan fingerprint density at radius 1 is 1.03 bits per heavy atom. The number of rotatable bonds is 4. The molecular formula is C25H16ClN3O4. The van der Waals surface area contributed by atoms with Crippen LogP contribution in [0.25, 0.3) is 33.3 Å². The van der Waals surface area contributed by atoms with E-state index in [1.165, 1.54) is 18.2 Å². The van der Waals surface area contributed by atoms with Gasteiger partial charge in [-0.15, -0.1) is 0 Å². The maximum absolute atomic E-state index is 12.7. The SMILES string of the molecule is Cc1cc(C(=O)Nc2ccc3oc(-c4cccc5c(Cl)cccc45)nc3c2)ccc1[N+](=O)[O-]. The van der Waals surface area contributed by atoms with Crippen molar-refractivity contribution in [1.29, 1.82) is 0 Å². The molecule has 0 unspecified atom stereocenters. The summed E-state index contributed by atoms with van der Waals surface area (Å²) in [5.74, 6) is 0.0760. The van der Waals surface area contributed by atoms with Gasteiger partial charge in [0.25, 0.3) is 11.6 Å². The van der Waals surface area contributed by atoms with E-state index in [0.29, 0.717) is 38.8 Å². The molecule has 5 aromatic rings. The Morgan fingerprint density at radius 2 is 1.82 bits per heavy atom. The van der Waals surface area contributed by atoms with Crippen molar-refractivity contribution in [2.24, 2.45) is 0 Å². The molecule has 1 heterocycles. The summed E-state index contributed by atoms with van der Waals surface area (Å²) in [7, 11) is 0. The number of carbonyl (C=O) groups excluding carboxylic acids is 1. The molecule has 5 rings (SSSR count). The highest BCUT2D eigenvalue weighted by Crippen LogP contribution is 2.34. The summed E-state index contributed by atoms with van der Waals surface area (Å²) in [5.41, 5.74) is 3.22. The van der Waals surface area contributed by atoms with Crippen molar-refractivity contribution in [3.05, 3.63) is 99.1 Å². The van der Waals surface area contributed by atoms with Crippen LogP contribution in [0.5, 0.6) is 0 Å². The molecule has 1 amide bonds. The molecule has 162 valence electrons. The molecule has 7 nitrogen and oxygen atoms in total. The number of carbonyl (C=O) groups is 1. The first-order valence-electron chi connectivity index (χ1n) is 10.1. The van der Waals surface area contributed by atoms with E-state index in [2.05, 4.69) is 10.3 Å². The van der Waals surface area contributed by atoms with Crippen LogP contribution in [-0.2, 0) is 0 Å². The molecule has 0 spiro atoms. The molecule has 0 bridgehead atoms. The molecule has 0 atom stereocenters. The van der Waals surface area contributed by atoms with E-state index in [1.807, 2.05) is 36.4 Å². The van der Waals surface area contributed by atoms with E-state index >= 15 is 0 Å². The van der Waals surface area contributed by atoms with Crippen LogP contribution in [0.4, 0.5) is 11.4 Å². The number of nitro groups is 1. The number of aromatic nitrogens is 1. The smallest absolute Gasteiger partial charge is 0.272 e. The number of fused-ring (bicyclic) bond motifs is 2. The van der Waals surface area contributed by atoms with Crippen LogP contribution in [0.1, 0.15) is 15.9 Å². The van der Waals surface area contributed by atoms with Crippen molar-refractivity contribution >= 4 is 50.8 Å². The van der Waals surface area contributed by atoms with E-state index in [1.54, 1.807) is 25.1 Å². The van der Waals surface area contributed by atoms with Crippen molar-refractivity contribution in [3.8, 4) is 11.5 Å². The highest BCUT2D eigenvalue weighted by molar-refractivity contribution is 6.35. The van der Waals surface area contributed by atoms with Crippen LogP contribution >= 0.6 is 11.6 Å². The summed E-state index contributed by atoms with van der Waals surface area (Å²) in [4.78, 5) is 27.8. The minimum Gasteiger partial charge on any atom is -0.436 e. The standard InChI is InChI=1S/C25H16ClN3O4/c1-14-12-15(8-10-22(14)29(31)32)24(30)27-16-9-11-23-21(13-16)28-25(33-23)19-6-2-5-18-17(19)4-3-7-20(18)26/h2-13H,1H3,(H,27,30). The summed E-state index contributed by atoms with van der Waals surface area (Å²) < 4.78 is 5.97. The largest absolute Gasteiger partial charge is 0.436 e. The number of anilines is 1. The average molecular weight is 458 g/mol. The second kappa shape index (κ2) is 8.03. The molecule has 0 aliphatic carbocycles. The summed E-state index contributed by atoms with van der Waals surface area (Å²) >= 11 is 6.32. The predicted molar refractivity (Wildman–Crippen MR) is 128 cm³/mol. The molecule has 0 aliphatic heterocycles. The zero-order valence-corrected chi connectivity index (χ0v) is 18.1. The van der Waals surface area contributed by atoms with Crippen LogP contribution in [0, 0.1) is 17.0 Å². The number of hydrogen-bond donors (Lipinski definition) is 1. The van der Waals surface area contributed by atoms with Crippen LogP contribution in [-0.4, -0.2) is 15.8 Å². The number of amides is 1. The normalized spacial score (nSPS) is 11.1. The Bertz CT molecular complexity index is 1580. The molecule has 0 saturated carbocycles. The van der Waals surface area contributed by atoms with E-state index in [0.717, 1.165) is 16.3 Å². The highest BCUT2D eigenvalue weighted by Gasteiger charge is 2.16. The first kappa shape index (κ1) is 20.7. The fraction of sp³-hybridized carbons (Fsp3) is 0.0400. The second-order valence-corrected chi connectivity index (χ2v) is 7.96. The molecule has 33 heavy (non-hydrogen) atoms. The molecule has 0 saturated heterocycles. The number of nitrogens with one attached hydrogen (secondary N) is 1. The van der Waals surface area contributed by atoms with Crippen molar-refractivity contribution in [3.63, 3.8) is 0 Å². The van der Waals surface area contributed by atoms with Gasteiger partial charge in [-0.3, -0.25) is 14.9 Å². The Morgan fingerprint density at radius 3 is 2.61 bits per heavy atom. The molecule has 1 aromatic heterocycles. The zero-order valence-electron chi connectivity index (χ0n) is 17.3.